The molecule has 0 aliphatic heterocycles. The molecule has 2 aromatic heterocycles. The predicted octanol–water partition coefficient (Wildman–Crippen LogP) is 0.689. The van der Waals surface area contributed by atoms with E-state index in [-0.39, 0.29) is 11.1 Å². The summed E-state index contributed by atoms with van der Waals surface area (Å²) in [4.78, 5) is 22.5. The molecule has 0 spiro atoms. The van der Waals surface area contributed by atoms with Gasteiger partial charge in [0, 0.05) is 24.5 Å². The largest absolute Gasteiger partial charge is 0.272 e. The first kappa shape index (κ1) is 10.0. The van der Waals surface area contributed by atoms with Crippen LogP contribution in [0, 0.1) is 0 Å². The van der Waals surface area contributed by atoms with E-state index in [1.54, 1.807) is 24.3 Å². The van der Waals surface area contributed by atoms with Crippen LogP contribution in [0.1, 0.15) is 0 Å². The molecule has 0 unspecified atom stereocenters. The molecule has 6 heteroatoms. The zero-order valence-electron chi connectivity index (χ0n) is 8.22. The summed E-state index contributed by atoms with van der Waals surface area (Å²) in [5, 5.41) is 7.26. The average Bonchev–Trinajstić information content (AvgIpc) is 2.30. The Morgan fingerprint density at radius 3 is 1.56 bits per heavy atom. The van der Waals surface area contributed by atoms with Crippen molar-refractivity contribution in [2.75, 3.05) is 0 Å². The summed E-state index contributed by atoms with van der Waals surface area (Å²) in [5.41, 5.74) is -0.620. The minimum atomic E-state index is -0.310. The van der Waals surface area contributed by atoms with E-state index in [2.05, 4.69) is 10.4 Å². The van der Waals surface area contributed by atoms with E-state index in [1.165, 1.54) is 24.5 Å². The molecule has 0 saturated heterocycles. The molecular weight excluding hydrogens is 208 g/mol. The zero-order valence-corrected chi connectivity index (χ0v) is 8.22. The lowest BCUT2D eigenvalue weighted by molar-refractivity contribution is 0.653. The molecule has 0 aliphatic carbocycles. The number of hydrogen-bond acceptors (Lipinski definition) is 4. The number of hydrogen-bond donors (Lipinski definition) is 0. The maximum Gasteiger partial charge on any atom is 0.272 e. The molecule has 0 aliphatic rings. The summed E-state index contributed by atoms with van der Waals surface area (Å²) in [6.07, 6.45) is 2.92. The molecule has 80 valence electrons. The summed E-state index contributed by atoms with van der Waals surface area (Å²) >= 11 is 0. The Morgan fingerprint density at radius 1 is 0.750 bits per heavy atom. The first-order valence-corrected chi connectivity index (χ1v) is 4.55. The highest BCUT2D eigenvalue weighted by Gasteiger charge is 1.91. The van der Waals surface area contributed by atoms with Crippen LogP contribution in [0.5, 0.6) is 0 Å². The van der Waals surface area contributed by atoms with Crippen molar-refractivity contribution in [3.05, 3.63) is 69.5 Å². The summed E-state index contributed by atoms with van der Waals surface area (Å²) in [6, 6.07) is 9.20. The van der Waals surface area contributed by atoms with Crippen LogP contribution in [0.3, 0.4) is 0 Å². The van der Waals surface area contributed by atoms with Crippen molar-refractivity contribution < 1.29 is 0 Å². The highest BCUT2D eigenvalue weighted by atomic mass is 16.1. The Morgan fingerprint density at radius 2 is 1.19 bits per heavy atom. The van der Waals surface area contributed by atoms with Gasteiger partial charge in [-0.1, -0.05) is 12.1 Å². The molecule has 0 fully saturated rings. The first-order valence-electron chi connectivity index (χ1n) is 4.55. The lowest BCUT2D eigenvalue weighted by atomic mass is 10.5. The molecule has 0 atom stereocenters. The molecule has 0 bridgehead atoms. The van der Waals surface area contributed by atoms with E-state index >= 15 is 0 Å². The Hall–Kier alpha value is -2.50. The molecule has 2 aromatic rings. The van der Waals surface area contributed by atoms with Crippen LogP contribution in [0.15, 0.2) is 68.8 Å². The molecule has 0 N–H and O–H groups in total. The second kappa shape index (κ2) is 4.35. The van der Waals surface area contributed by atoms with Gasteiger partial charge in [0.05, 0.1) is 0 Å². The highest BCUT2D eigenvalue weighted by molar-refractivity contribution is 4.93. The molecular formula is C10H8N4O2. The van der Waals surface area contributed by atoms with Crippen molar-refractivity contribution in [3.8, 4) is 0 Å². The number of aromatic nitrogens is 2. The lowest BCUT2D eigenvalue weighted by Crippen LogP contribution is -2.16. The van der Waals surface area contributed by atoms with Gasteiger partial charge in [-0.05, 0) is 22.6 Å². The van der Waals surface area contributed by atoms with Gasteiger partial charge in [0.2, 0.25) is 0 Å². The van der Waals surface area contributed by atoms with Crippen molar-refractivity contribution >= 4 is 0 Å². The summed E-state index contributed by atoms with van der Waals surface area (Å²) in [7, 11) is 0. The van der Waals surface area contributed by atoms with Crippen molar-refractivity contribution in [1.82, 2.24) is 9.35 Å². The standard InChI is InChI=1S/C10H8N4O2/c15-9-5-1-3-7-13(9)11-12-14-8-4-2-6-10(14)16/h1-8H/b12-11+. The Bertz CT molecular complexity index is 571. The summed E-state index contributed by atoms with van der Waals surface area (Å²) in [6.45, 7) is 0. The topological polar surface area (TPSA) is 68.7 Å². The molecule has 0 amide bonds. The van der Waals surface area contributed by atoms with E-state index in [9.17, 15) is 9.59 Å². The van der Waals surface area contributed by atoms with Crippen LogP contribution < -0.4 is 11.1 Å². The van der Waals surface area contributed by atoms with Gasteiger partial charge >= 0.3 is 0 Å². The quantitative estimate of drug-likeness (QED) is 0.693. The Balaban J connectivity index is 2.36. The predicted molar refractivity (Wildman–Crippen MR) is 57.1 cm³/mol. The monoisotopic (exact) mass is 216 g/mol. The SMILES string of the molecule is O=c1ccccn1/N=N/n1ccccc1=O. The molecule has 0 saturated carbocycles. The molecule has 2 rings (SSSR count). The fourth-order valence-corrected chi connectivity index (χ4v) is 1.07. The van der Waals surface area contributed by atoms with Gasteiger partial charge in [0.25, 0.3) is 11.1 Å². The average molecular weight is 216 g/mol. The number of pyridine rings is 2. The van der Waals surface area contributed by atoms with Crippen molar-refractivity contribution in [1.29, 1.82) is 0 Å². The van der Waals surface area contributed by atoms with E-state index in [1.807, 2.05) is 0 Å². The van der Waals surface area contributed by atoms with E-state index in [0.29, 0.717) is 0 Å². The van der Waals surface area contributed by atoms with Gasteiger partial charge in [0.15, 0.2) is 0 Å². The van der Waals surface area contributed by atoms with Crippen LogP contribution in [0.4, 0.5) is 0 Å². The van der Waals surface area contributed by atoms with Crippen LogP contribution in [0.2, 0.25) is 0 Å². The fourth-order valence-electron chi connectivity index (χ4n) is 1.07. The van der Waals surface area contributed by atoms with Gasteiger partial charge in [-0.3, -0.25) is 9.59 Å². The Kier molecular flexibility index (Phi) is 2.73. The van der Waals surface area contributed by atoms with Crippen LogP contribution in [0.25, 0.3) is 0 Å². The lowest BCUT2D eigenvalue weighted by Gasteiger charge is -1.95. The van der Waals surface area contributed by atoms with E-state index in [4.69, 9.17) is 0 Å². The van der Waals surface area contributed by atoms with Crippen LogP contribution in [-0.2, 0) is 0 Å². The molecule has 2 heterocycles. The van der Waals surface area contributed by atoms with Gasteiger partial charge in [-0.25, -0.2) is 0 Å². The summed E-state index contributed by atoms with van der Waals surface area (Å²) in [5.74, 6) is 0. The third kappa shape index (κ3) is 2.11. The summed E-state index contributed by atoms with van der Waals surface area (Å²) < 4.78 is 2.08. The molecule has 6 nitrogen and oxygen atoms in total. The Labute approximate surface area is 90.1 Å². The maximum atomic E-state index is 11.2. The number of rotatable bonds is 2. The minimum Gasteiger partial charge on any atom is -0.267 e. The van der Waals surface area contributed by atoms with Gasteiger partial charge in [-0.2, -0.15) is 9.35 Å². The second-order valence-electron chi connectivity index (χ2n) is 2.95. The van der Waals surface area contributed by atoms with Crippen molar-refractivity contribution in [2.45, 2.75) is 0 Å². The van der Waals surface area contributed by atoms with Gasteiger partial charge in [-0.15, -0.1) is 0 Å². The van der Waals surface area contributed by atoms with Crippen molar-refractivity contribution in [3.63, 3.8) is 0 Å². The first-order chi connectivity index (χ1) is 7.77. The highest BCUT2D eigenvalue weighted by Crippen LogP contribution is 1.85. The smallest absolute Gasteiger partial charge is 0.267 e. The third-order valence-corrected chi connectivity index (χ3v) is 1.84. The fraction of sp³-hybridized carbons (Fsp3) is 0. The molecule has 16 heavy (non-hydrogen) atoms. The minimum absolute atomic E-state index is 0.310. The van der Waals surface area contributed by atoms with Crippen LogP contribution >= 0.6 is 0 Å². The van der Waals surface area contributed by atoms with Crippen LogP contribution in [-0.4, -0.2) is 9.35 Å². The zero-order chi connectivity index (χ0) is 11.4. The van der Waals surface area contributed by atoms with Gasteiger partial charge < -0.3 is 0 Å². The molecule has 0 aromatic carbocycles. The van der Waals surface area contributed by atoms with E-state index < -0.39 is 0 Å². The van der Waals surface area contributed by atoms with Gasteiger partial charge in [0.1, 0.15) is 0 Å². The molecule has 0 radical (unpaired) electrons. The number of nitrogens with zero attached hydrogens (tertiary/aromatic N) is 4. The maximum absolute atomic E-state index is 11.2. The second-order valence-corrected chi connectivity index (χ2v) is 2.95. The third-order valence-electron chi connectivity index (χ3n) is 1.84. The van der Waals surface area contributed by atoms with Crippen molar-refractivity contribution in [2.24, 2.45) is 10.4 Å². The normalized spacial score (nSPS) is 10.8. The van der Waals surface area contributed by atoms with E-state index in [0.717, 1.165) is 9.35 Å².